The van der Waals surface area contributed by atoms with E-state index >= 15 is 0 Å². The Labute approximate surface area is 142 Å². The van der Waals surface area contributed by atoms with E-state index in [4.69, 9.17) is 4.74 Å². The smallest absolute Gasteiger partial charge is 0.238 e. The lowest BCUT2D eigenvalue weighted by molar-refractivity contribution is -0.117. The Bertz CT molecular complexity index is 686. The van der Waals surface area contributed by atoms with Gasteiger partial charge in [0.05, 0.1) is 6.54 Å². The average Bonchev–Trinajstić information content (AvgIpc) is 2.53. The van der Waals surface area contributed by atoms with Crippen LogP contribution in [-0.2, 0) is 4.79 Å². The fourth-order valence-electron chi connectivity index (χ4n) is 2.20. The first-order valence-corrected chi connectivity index (χ1v) is 7.88. The summed E-state index contributed by atoms with van der Waals surface area (Å²) < 4.78 is 18.9. The molecule has 24 heavy (non-hydrogen) atoms. The molecular formula is C19H23FN2O2. The number of likely N-dealkylation sites (N-methyl/N-ethyl adjacent to an activating group) is 1. The molecule has 0 aliphatic rings. The van der Waals surface area contributed by atoms with Gasteiger partial charge in [0.2, 0.25) is 5.91 Å². The van der Waals surface area contributed by atoms with Crippen molar-refractivity contribution >= 4 is 11.6 Å². The van der Waals surface area contributed by atoms with Crippen molar-refractivity contribution in [1.29, 1.82) is 0 Å². The monoisotopic (exact) mass is 330 g/mol. The van der Waals surface area contributed by atoms with Crippen LogP contribution in [0.25, 0.3) is 0 Å². The van der Waals surface area contributed by atoms with Gasteiger partial charge in [0.25, 0.3) is 0 Å². The number of rotatable bonds is 7. The van der Waals surface area contributed by atoms with Crippen LogP contribution in [-0.4, -0.2) is 37.6 Å². The molecule has 0 saturated heterocycles. The highest BCUT2D eigenvalue weighted by Gasteiger charge is 2.09. The summed E-state index contributed by atoms with van der Waals surface area (Å²) in [4.78, 5) is 13.9. The summed E-state index contributed by atoms with van der Waals surface area (Å²) in [5.74, 6) is 0.270. The molecule has 128 valence electrons. The predicted molar refractivity (Wildman–Crippen MR) is 93.9 cm³/mol. The van der Waals surface area contributed by atoms with Crippen molar-refractivity contribution in [2.75, 3.05) is 32.1 Å². The lowest BCUT2D eigenvalue weighted by atomic mass is 10.2. The van der Waals surface area contributed by atoms with Crippen LogP contribution in [0.1, 0.15) is 11.1 Å². The van der Waals surface area contributed by atoms with E-state index in [9.17, 15) is 9.18 Å². The Hall–Kier alpha value is -2.40. The second-order valence-electron chi connectivity index (χ2n) is 5.91. The molecule has 0 aliphatic carbocycles. The van der Waals surface area contributed by atoms with E-state index < -0.39 is 0 Å². The van der Waals surface area contributed by atoms with E-state index in [1.165, 1.54) is 17.7 Å². The van der Waals surface area contributed by atoms with Gasteiger partial charge >= 0.3 is 0 Å². The largest absolute Gasteiger partial charge is 0.492 e. The Kier molecular flexibility index (Phi) is 6.32. The van der Waals surface area contributed by atoms with Gasteiger partial charge in [-0.05, 0) is 50.7 Å². The number of hydrogen-bond donors (Lipinski definition) is 1. The molecule has 1 amide bonds. The van der Waals surface area contributed by atoms with E-state index in [1.54, 1.807) is 6.07 Å². The number of anilines is 1. The summed E-state index contributed by atoms with van der Waals surface area (Å²) in [6.45, 7) is 5.17. The van der Waals surface area contributed by atoms with Crippen molar-refractivity contribution in [1.82, 2.24) is 4.90 Å². The zero-order chi connectivity index (χ0) is 17.5. The highest BCUT2D eigenvalue weighted by molar-refractivity contribution is 5.92. The van der Waals surface area contributed by atoms with Gasteiger partial charge < -0.3 is 10.1 Å². The summed E-state index contributed by atoms with van der Waals surface area (Å²) in [7, 11) is 1.84. The standard InChI is InChI=1S/C19H23FN2O2/c1-14-4-8-17(9-5-14)24-11-10-22(3)13-19(23)21-18-12-16(20)7-6-15(18)2/h4-9,12H,10-11,13H2,1-3H3,(H,21,23). The van der Waals surface area contributed by atoms with E-state index in [0.29, 0.717) is 18.8 Å². The first-order chi connectivity index (χ1) is 11.4. The van der Waals surface area contributed by atoms with Gasteiger partial charge in [0, 0.05) is 12.2 Å². The van der Waals surface area contributed by atoms with Gasteiger partial charge in [-0.3, -0.25) is 9.69 Å². The molecule has 0 spiro atoms. The molecule has 0 aliphatic heterocycles. The number of carbonyl (C=O) groups excluding carboxylic acids is 1. The maximum atomic E-state index is 13.2. The lowest BCUT2D eigenvalue weighted by Crippen LogP contribution is -2.33. The minimum Gasteiger partial charge on any atom is -0.492 e. The number of halogens is 1. The number of benzene rings is 2. The molecule has 5 heteroatoms. The third-order valence-electron chi connectivity index (χ3n) is 3.65. The van der Waals surface area contributed by atoms with Crippen molar-refractivity contribution in [2.45, 2.75) is 13.8 Å². The number of aryl methyl sites for hydroxylation is 2. The third kappa shape index (κ3) is 5.66. The maximum Gasteiger partial charge on any atom is 0.238 e. The predicted octanol–water partition coefficient (Wildman–Crippen LogP) is 3.39. The van der Waals surface area contributed by atoms with Crippen LogP contribution in [0.15, 0.2) is 42.5 Å². The highest BCUT2D eigenvalue weighted by Crippen LogP contribution is 2.16. The van der Waals surface area contributed by atoms with Gasteiger partial charge in [-0.25, -0.2) is 4.39 Å². The molecule has 0 aromatic heterocycles. The molecule has 0 radical (unpaired) electrons. The Morgan fingerprint density at radius 2 is 1.88 bits per heavy atom. The summed E-state index contributed by atoms with van der Waals surface area (Å²) in [5.41, 5.74) is 2.52. The van der Waals surface area contributed by atoms with E-state index in [2.05, 4.69) is 5.32 Å². The Morgan fingerprint density at radius 1 is 1.17 bits per heavy atom. The van der Waals surface area contributed by atoms with Crippen LogP contribution in [0.2, 0.25) is 0 Å². The number of nitrogens with one attached hydrogen (secondary N) is 1. The zero-order valence-electron chi connectivity index (χ0n) is 14.3. The molecule has 4 nitrogen and oxygen atoms in total. The molecular weight excluding hydrogens is 307 g/mol. The molecule has 0 fully saturated rings. The number of hydrogen-bond acceptors (Lipinski definition) is 3. The second-order valence-corrected chi connectivity index (χ2v) is 5.91. The maximum absolute atomic E-state index is 13.2. The van der Waals surface area contributed by atoms with Gasteiger partial charge in [0.1, 0.15) is 18.2 Å². The molecule has 0 atom stereocenters. The number of nitrogens with zero attached hydrogens (tertiary/aromatic N) is 1. The van der Waals surface area contributed by atoms with Gasteiger partial charge in [0.15, 0.2) is 0 Å². The molecule has 0 bridgehead atoms. The Morgan fingerprint density at radius 3 is 2.58 bits per heavy atom. The topological polar surface area (TPSA) is 41.6 Å². The van der Waals surface area contributed by atoms with Crippen molar-refractivity contribution in [3.63, 3.8) is 0 Å². The van der Waals surface area contributed by atoms with Crippen LogP contribution in [0.5, 0.6) is 5.75 Å². The first kappa shape index (κ1) is 17.9. The summed E-state index contributed by atoms with van der Waals surface area (Å²) in [6.07, 6.45) is 0. The average molecular weight is 330 g/mol. The highest BCUT2D eigenvalue weighted by atomic mass is 19.1. The van der Waals surface area contributed by atoms with Gasteiger partial charge in [-0.15, -0.1) is 0 Å². The molecule has 1 N–H and O–H groups in total. The third-order valence-corrected chi connectivity index (χ3v) is 3.65. The van der Waals surface area contributed by atoms with E-state index in [-0.39, 0.29) is 18.3 Å². The normalized spacial score (nSPS) is 10.7. The number of carbonyl (C=O) groups is 1. The first-order valence-electron chi connectivity index (χ1n) is 7.88. The van der Waals surface area contributed by atoms with Crippen molar-refractivity contribution in [3.8, 4) is 5.75 Å². The lowest BCUT2D eigenvalue weighted by Gasteiger charge is -2.17. The summed E-state index contributed by atoms with van der Waals surface area (Å²) in [6, 6.07) is 12.2. The van der Waals surface area contributed by atoms with Crippen LogP contribution in [0.3, 0.4) is 0 Å². The summed E-state index contributed by atoms with van der Waals surface area (Å²) in [5, 5.41) is 2.73. The van der Waals surface area contributed by atoms with E-state index in [1.807, 2.05) is 50.1 Å². The van der Waals surface area contributed by atoms with Crippen LogP contribution in [0.4, 0.5) is 10.1 Å². The van der Waals surface area contributed by atoms with Crippen molar-refractivity contribution < 1.29 is 13.9 Å². The molecule has 2 aromatic rings. The van der Waals surface area contributed by atoms with Gasteiger partial charge in [-0.1, -0.05) is 23.8 Å². The molecule has 2 aromatic carbocycles. The molecule has 0 unspecified atom stereocenters. The quantitative estimate of drug-likeness (QED) is 0.846. The minimum absolute atomic E-state index is 0.179. The second kappa shape index (κ2) is 8.45. The van der Waals surface area contributed by atoms with Crippen LogP contribution < -0.4 is 10.1 Å². The summed E-state index contributed by atoms with van der Waals surface area (Å²) >= 11 is 0. The van der Waals surface area contributed by atoms with Gasteiger partial charge in [-0.2, -0.15) is 0 Å². The van der Waals surface area contributed by atoms with E-state index in [0.717, 1.165) is 11.3 Å². The van der Waals surface area contributed by atoms with Crippen molar-refractivity contribution in [3.05, 3.63) is 59.4 Å². The Balaban J connectivity index is 1.75. The fourth-order valence-corrected chi connectivity index (χ4v) is 2.20. The van der Waals surface area contributed by atoms with Crippen LogP contribution in [0, 0.1) is 19.7 Å². The molecule has 0 saturated carbocycles. The minimum atomic E-state index is -0.365. The fraction of sp³-hybridized carbons (Fsp3) is 0.316. The number of ether oxygens (including phenoxy) is 1. The SMILES string of the molecule is Cc1ccc(OCCN(C)CC(=O)Nc2cc(F)ccc2C)cc1. The molecule has 2 rings (SSSR count). The number of amides is 1. The van der Waals surface area contributed by atoms with Crippen LogP contribution >= 0.6 is 0 Å². The zero-order valence-corrected chi connectivity index (χ0v) is 14.3. The van der Waals surface area contributed by atoms with Crippen molar-refractivity contribution in [2.24, 2.45) is 0 Å². The molecule has 0 heterocycles.